The minimum atomic E-state index is -0.251. The van der Waals surface area contributed by atoms with Gasteiger partial charge >= 0.3 is 6.03 Å². The van der Waals surface area contributed by atoms with E-state index in [1.165, 1.54) is 15.1 Å². The van der Waals surface area contributed by atoms with Gasteiger partial charge in [0.15, 0.2) is 0 Å². The number of urea groups is 1. The first kappa shape index (κ1) is 19.0. The lowest BCUT2D eigenvalue weighted by atomic mass is 10.1. The van der Waals surface area contributed by atoms with Gasteiger partial charge in [-0.1, -0.05) is 35.9 Å². The van der Waals surface area contributed by atoms with E-state index >= 15 is 0 Å². The Labute approximate surface area is 162 Å². The van der Waals surface area contributed by atoms with Gasteiger partial charge in [0, 0.05) is 29.6 Å². The third kappa shape index (κ3) is 4.89. The van der Waals surface area contributed by atoms with Crippen molar-refractivity contribution in [3.05, 3.63) is 70.1 Å². The molecular formula is C20H22N4O2S. The number of nitrogens with one attached hydrogen (secondary N) is 2. The monoisotopic (exact) mass is 382 g/mol. The molecule has 2 amide bonds. The van der Waals surface area contributed by atoms with Gasteiger partial charge in [-0.25, -0.2) is 9.48 Å². The molecule has 3 aromatic rings. The topological polar surface area (TPSA) is 76.0 Å². The molecule has 0 aliphatic heterocycles. The maximum absolute atomic E-state index is 12.1. The Balaban J connectivity index is 1.51. The molecule has 1 aromatic heterocycles. The highest BCUT2D eigenvalue weighted by atomic mass is 32.2. The van der Waals surface area contributed by atoms with Crippen LogP contribution in [0, 0.1) is 6.92 Å². The minimum Gasteiger partial charge on any atom is -0.337 e. The zero-order valence-electron chi connectivity index (χ0n) is 15.4. The molecule has 2 N–H and O–H groups in total. The largest absolute Gasteiger partial charge is 0.337 e. The summed E-state index contributed by atoms with van der Waals surface area (Å²) in [6.45, 7) is 2.88. The number of fused-ring (bicyclic) bond motifs is 1. The number of benzene rings is 2. The molecule has 0 aliphatic carbocycles. The number of thioether (sulfide) groups is 1. The maximum atomic E-state index is 12.1. The summed E-state index contributed by atoms with van der Waals surface area (Å²) in [5, 5.41) is 11.3. The van der Waals surface area contributed by atoms with E-state index < -0.39 is 0 Å². The third-order valence-corrected chi connectivity index (χ3v) is 5.14. The molecule has 0 atom stereocenters. The van der Waals surface area contributed by atoms with Gasteiger partial charge in [0.25, 0.3) is 5.56 Å². The van der Waals surface area contributed by atoms with Gasteiger partial charge < -0.3 is 10.6 Å². The van der Waals surface area contributed by atoms with Crippen LogP contribution in [0.25, 0.3) is 10.8 Å². The van der Waals surface area contributed by atoms with Crippen LogP contribution in [-0.2, 0) is 13.6 Å². The Hall–Kier alpha value is -2.80. The molecule has 3 rings (SSSR count). The quantitative estimate of drug-likeness (QED) is 0.508. The first-order valence-corrected chi connectivity index (χ1v) is 9.69. The first-order valence-electron chi connectivity index (χ1n) is 8.70. The van der Waals surface area contributed by atoms with Crippen molar-refractivity contribution in [2.45, 2.75) is 18.4 Å². The summed E-state index contributed by atoms with van der Waals surface area (Å²) in [5.74, 6) is 0.789. The predicted octanol–water partition coefficient (Wildman–Crippen LogP) is 2.83. The van der Waals surface area contributed by atoms with Crippen LogP contribution >= 0.6 is 11.8 Å². The molecule has 0 saturated heterocycles. The molecule has 6 nitrogen and oxygen atoms in total. The number of carbonyl (C=O) groups excluding carboxylic acids is 1. The molecule has 7 heteroatoms. The SMILES string of the molecule is Cc1ccc(SCCNC(=O)NCc2nn(C)c(=O)c3ccccc23)cc1. The summed E-state index contributed by atoms with van der Waals surface area (Å²) in [6.07, 6.45) is 0. The molecule has 0 unspecified atom stereocenters. The Morgan fingerprint density at radius 1 is 1.07 bits per heavy atom. The molecule has 0 radical (unpaired) electrons. The van der Waals surface area contributed by atoms with Gasteiger partial charge in [-0.2, -0.15) is 5.10 Å². The lowest BCUT2D eigenvalue weighted by Crippen LogP contribution is -2.37. The Morgan fingerprint density at radius 2 is 1.78 bits per heavy atom. The standard InChI is InChI=1S/C20H22N4O2S/c1-14-7-9-15(10-8-14)27-12-11-21-20(26)22-13-18-16-5-3-4-6-17(16)19(25)24(2)23-18/h3-10H,11-13H2,1-2H3,(H2,21,22,26). The average Bonchev–Trinajstić information content (AvgIpc) is 2.68. The van der Waals surface area contributed by atoms with Gasteiger partial charge in [0.1, 0.15) is 0 Å². The number of hydrogen-bond acceptors (Lipinski definition) is 4. The number of aromatic nitrogens is 2. The zero-order chi connectivity index (χ0) is 19.2. The lowest BCUT2D eigenvalue weighted by molar-refractivity contribution is 0.241. The van der Waals surface area contributed by atoms with E-state index in [0.29, 0.717) is 17.6 Å². The third-order valence-electron chi connectivity index (χ3n) is 4.13. The average molecular weight is 382 g/mol. The van der Waals surface area contributed by atoms with Crippen LogP contribution in [0.1, 0.15) is 11.3 Å². The fraction of sp³-hybridized carbons (Fsp3) is 0.250. The van der Waals surface area contributed by atoms with Crippen molar-refractivity contribution in [3.8, 4) is 0 Å². The maximum Gasteiger partial charge on any atom is 0.315 e. The van der Waals surface area contributed by atoms with Crippen molar-refractivity contribution in [2.24, 2.45) is 7.05 Å². The second-order valence-electron chi connectivity index (χ2n) is 6.19. The normalized spacial score (nSPS) is 10.7. The van der Waals surface area contributed by atoms with Crippen LogP contribution in [0.15, 0.2) is 58.2 Å². The lowest BCUT2D eigenvalue weighted by Gasteiger charge is -2.10. The number of carbonyl (C=O) groups is 1. The van der Waals surface area contributed by atoms with Crippen LogP contribution in [-0.4, -0.2) is 28.1 Å². The first-order chi connectivity index (χ1) is 13.0. The second kappa shape index (κ2) is 8.73. The molecular weight excluding hydrogens is 360 g/mol. The molecule has 27 heavy (non-hydrogen) atoms. The fourth-order valence-corrected chi connectivity index (χ4v) is 3.47. The van der Waals surface area contributed by atoms with E-state index in [9.17, 15) is 9.59 Å². The van der Waals surface area contributed by atoms with Crippen molar-refractivity contribution >= 4 is 28.6 Å². The van der Waals surface area contributed by atoms with Crippen molar-refractivity contribution in [2.75, 3.05) is 12.3 Å². The zero-order valence-corrected chi connectivity index (χ0v) is 16.2. The summed E-state index contributed by atoms with van der Waals surface area (Å²) in [7, 11) is 1.61. The van der Waals surface area contributed by atoms with Crippen LogP contribution in [0.2, 0.25) is 0 Å². The van der Waals surface area contributed by atoms with Crippen LogP contribution < -0.4 is 16.2 Å². The smallest absolute Gasteiger partial charge is 0.315 e. The number of nitrogens with zero attached hydrogens (tertiary/aromatic N) is 2. The Kier molecular flexibility index (Phi) is 6.13. The number of aryl methyl sites for hydroxylation is 2. The van der Waals surface area contributed by atoms with Gasteiger partial charge in [-0.3, -0.25) is 4.79 Å². The van der Waals surface area contributed by atoms with Crippen LogP contribution in [0.5, 0.6) is 0 Å². The Morgan fingerprint density at radius 3 is 2.52 bits per heavy atom. The van der Waals surface area contributed by atoms with Gasteiger partial charge in [0.05, 0.1) is 17.6 Å². The van der Waals surface area contributed by atoms with Crippen LogP contribution in [0.3, 0.4) is 0 Å². The highest BCUT2D eigenvalue weighted by Crippen LogP contribution is 2.17. The fourth-order valence-electron chi connectivity index (χ4n) is 2.70. The number of rotatable bonds is 6. The molecule has 0 spiro atoms. The molecule has 0 fully saturated rings. The summed E-state index contributed by atoms with van der Waals surface area (Å²) >= 11 is 1.70. The second-order valence-corrected chi connectivity index (χ2v) is 7.36. The van der Waals surface area contributed by atoms with Crippen LogP contribution in [0.4, 0.5) is 4.79 Å². The molecule has 1 heterocycles. The van der Waals surface area contributed by atoms with Crippen molar-refractivity contribution in [1.29, 1.82) is 0 Å². The van der Waals surface area contributed by atoms with Gasteiger partial charge in [-0.15, -0.1) is 11.8 Å². The van der Waals surface area contributed by atoms with E-state index in [-0.39, 0.29) is 18.1 Å². The van der Waals surface area contributed by atoms with E-state index in [0.717, 1.165) is 11.1 Å². The van der Waals surface area contributed by atoms with E-state index in [4.69, 9.17) is 0 Å². The highest BCUT2D eigenvalue weighted by Gasteiger charge is 2.09. The summed E-state index contributed by atoms with van der Waals surface area (Å²) in [5.41, 5.74) is 1.75. The van der Waals surface area contributed by atoms with E-state index in [2.05, 4.69) is 46.9 Å². The Bertz CT molecular complexity index is 999. The number of hydrogen-bond donors (Lipinski definition) is 2. The minimum absolute atomic E-state index is 0.146. The summed E-state index contributed by atoms with van der Waals surface area (Å²) < 4.78 is 1.30. The van der Waals surface area contributed by atoms with Crippen molar-refractivity contribution in [1.82, 2.24) is 20.4 Å². The highest BCUT2D eigenvalue weighted by molar-refractivity contribution is 7.99. The van der Waals surface area contributed by atoms with E-state index in [1.54, 1.807) is 24.9 Å². The number of amides is 2. The molecule has 2 aromatic carbocycles. The molecule has 0 bridgehead atoms. The van der Waals surface area contributed by atoms with Crippen molar-refractivity contribution < 1.29 is 4.79 Å². The summed E-state index contributed by atoms with van der Waals surface area (Å²) in [6, 6.07) is 15.4. The molecule has 0 saturated carbocycles. The summed E-state index contributed by atoms with van der Waals surface area (Å²) in [4.78, 5) is 25.3. The predicted molar refractivity (Wildman–Crippen MR) is 109 cm³/mol. The van der Waals surface area contributed by atoms with E-state index in [1.807, 2.05) is 18.2 Å². The van der Waals surface area contributed by atoms with Crippen molar-refractivity contribution in [3.63, 3.8) is 0 Å². The molecule has 0 aliphatic rings. The molecule has 140 valence electrons. The van der Waals surface area contributed by atoms with Gasteiger partial charge in [-0.05, 0) is 25.1 Å². The van der Waals surface area contributed by atoms with Gasteiger partial charge in [0.2, 0.25) is 0 Å².